The fourth-order valence-corrected chi connectivity index (χ4v) is 4.82. The lowest BCUT2D eigenvalue weighted by molar-refractivity contribution is -0.492. The Morgan fingerprint density at radius 2 is 1.94 bits per heavy atom. The molecule has 1 saturated heterocycles. The van der Waals surface area contributed by atoms with Crippen molar-refractivity contribution in [3.8, 4) is 0 Å². The van der Waals surface area contributed by atoms with Gasteiger partial charge in [-0.15, -0.1) is 0 Å². The van der Waals surface area contributed by atoms with Gasteiger partial charge in [0.05, 0.1) is 12.2 Å². The third-order valence-electron chi connectivity index (χ3n) is 7.01. The fourth-order valence-electron chi connectivity index (χ4n) is 4.82. The first kappa shape index (κ1) is 25.8. The van der Waals surface area contributed by atoms with Gasteiger partial charge in [-0.25, -0.2) is 8.78 Å². The quantitative estimate of drug-likeness (QED) is 0.423. The molecule has 9 heteroatoms. The van der Waals surface area contributed by atoms with Gasteiger partial charge in [0.2, 0.25) is 6.10 Å². The van der Waals surface area contributed by atoms with Crippen LogP contribution in [0.2, 0.25) is 0 Å². The van der Waals surface area contributed by atoms with Crippen LogP contribution in [0.15, 0.2) is 30.0 Å². The lowest BCUT2D eigenvalue weighted by atomic mass is 9.75. The molecule has 1 aromatic rings. The third kappa shape index (κ3) is 5.81. The molecular formula is C24H32F5N2O2+. The van der Waals surface area contributed by atoms with E-state index >= 15 is 0 Å². The average Bonchev–Trinajstić information content (AvgIpc) is 2.73. The van der Waals surface area contributed by atoms with Crippen LogP contribution in [-0.2, 0) is 4.74 Å². The summed E-state index contributed by atoms with van der Waals surface area (Å²) in [4.78, 5) is 0. The summed E-state index contributed by atoms with van der Waals surface area (Å²) < 4.78 is 73.1. The second-order valence-corrected chi connectivity index (χ2v) is 9.28. The monoisotopic (exact) mass is 475 g/mol. The summed E-state index contributed by atoms with van der Waals surface area (Å²) in [5.74, 6) is -0.563. The Hall–Kier alpha value is -1.84. The zero-order valence-electron chi connectivity index (χ0n) is 19.1. The molecule has 0 bridgehead atoms. The minimum absolute atomic E-state index is 0.122. The van der Waals surface area contributed by atoms with E-state index in [-0.39, 0.29) is 23.3 Å². The summed E-state index contributed by atoms with van der Waals surface area (Å²) in [7, 11) is 0. The molecule has 0 radical (unpaired) electrons. The maximum Gasteiger partial charge on any atom is 0.420 e. The van der Waals surface area contributed by atoms with Crippen molar-refractivity contribution >= 4 is 5.71 Å². The zero-order valence-corrected chi connectivity index (χ0v) is 19.1. The van der Waals surface area contributed by atoms with Crippen molar-refractivity contribution < 1.29 is 36.4 Å². The van der Waals surface area contributed by atoms with E-state index in [9.17, 15) is 27.1 Å². The molecule has 0 aliphatic carbocycles. The Morgan fingerprint density at radius 1 is 1.24 bits per heavy atom. The van der Waals surface area contributed by atoms with Crippen LogP contribution in [0.1, 0.15) is 51.7 Å². The molecule has 3 rings (SSSR count). The Kier molecular flexibility index (Phi) is 7.96. The number of allylic oxidation sites excluding steroid dienone is 1. The van der Waals surface area contributed by atoms with Crippen LogP contribution in [-0.4, -0.2) is 46.9 Å². The van der Waals surface area contributed by atoms with Crippen molar-refractivity contribution in [3.05, 3.63) is 47.2 Å². The van der Waals surface area contributed by atoms with Crippen LogP contribution in [0.3, 0.4) is 0 Å². The molecule has 3 N–H and O–H groups in total. The maximum atomic E-state index is 14.2. The van der Waals surface area contributed by atoms with Crippen LogP contribution < -0.4 is 5.73 Å². The molecule has 0 aromatic heterocycles. The van der Waals surface area contributed by atoms with Crippen LogP contribution >= 0.6 is 0 Å². The molecule has 33 heavy (non-hydrogen) atoms. The van der Waals surface area contributed by atoms with Crippen molar-refractivity contribution in [2.24, 2.45) is 23.5 Å². The highest BCUT2D eigenvalue weighted by Gasteiger charge is 2.44. The van der Waals surface area contributed by atoms with Gasteiger partial charge in [0.15, 0.2) is 18.5 Å². The number of rotatable bonds is 8. The number of hydrogen-bond donors (Lipinski definition) is 2. The highest BCUT2D eigenvalue weighted by atomic mass is 19.4. The SMILES string of the molecule is CCC1=[N+](CC(O)C(F)(F)F)C=C1CC(C)C(C)C1COC(c2cc(F)ccc2F)C(N)C1. The van der Waals surface area contributed by atoms with Gasteiger partial charge < -0.3 is 15.6 Å². The molecule has 0 saturated carbocycles. The number of halogens is 5. The first-order valence-electron chi connectivity index (χ1n) is 11.3. The molecule has 0 amide bonds. The number of benzene rings is 1. The van der Waals surface area contributed by atoms with E-state index in [4.69, 9.17) is 10.5 Å². The number of ether oxygens (including phenoxy) is 1. The Bertz CT molecular complexity index is 915. The lowest BCUT2D eigenvalue weighted by Gasteiger charge is -2.39. The Morgan fingerprint density at radius 3 is 2.55 bits per heavy atom. The smallest absolute Gasteiger partial charge is 0.379 e. The zero-order chi connectivity index (χ0) is 24.5. The molecule has 0 spiro atoms. The first-order chi connectivity index (χ1) is 15.4. The number of hydrogen-bond acceptors (Lipinski definition) is 3. The van der Waals surface area contributed by atoms with Crippen LogP contribution in [0.25, 0.3) is 0 Å². The standard InChI is InChI=1S/C24H32F5N2O2/c1-4-21-15(10-31(21)11-22(32)24(27,28)29)7-13(2)14(3)16-8-20(30)23(33-12-16)18-9-17(25)5-6-19(18)26/h5-6,9-10,13-14,16,20,22-23,32H,4,7-8,11-12,30H2,1-3H3/q+1. The molecule has 2 heterocycles. The molecule has 4 nitrogen and oxygen atoms in total. The molecular weight excluding hydrogens is 443 g/mol. The highest BCUT2D eigenvalue weighted by Crippen LogP contribution is 2.38. The molecule has 2 aliphatic rings. The van der Waals surface area contributed by atoms with Crippen molar-refractivity contribution in [2.75, 3.05) is 13.2 Å². The minimum atomic E-state index is -4.64. The second kappa shape index (κ2) is 10.2. The van der Waals surface area contributed by atoms with Gasteiger partial charge in [0, 0.05) is 18.0 Å². The molecule has 6 atom stereocenters. The number of nitrogens with zero attached hydrogens (tertiary/aromatic N) is 1. The predicted octanol–water partition coefficient (Wildman–Crippen LogP) is 4.72. The number of aliphatic hydroxyl groups is 1. The number of alkyl halides is 3. The largest absolute Gasteiger partial charge is 0.420 e. The van der Waals surface area contributed by atoms with Gasteiger partial charge in [-0.2, -0.15) is 17.7 Å². The Balaban J connectivity index is 1.57. The third-order valence-corrected chi connectivity index (χ3v) is 7.01. The van der Waals surface area contributed by atoms with Gasteiger partial charge in [0.1, 0.15) is 17.7 Å². The van der Waals surface area contributed by atoms with E-state index in [1.165, 1.54) is 4.58 Å². The first-order valence-corrected chi connectivity index (χ1v) is 11.3. The van der Waals surface area contributed by atoms with Crippen molar-refractivity contribution in [3.63, 3.8) is 0 Å². The van der Waals surface area contributed by atoms with Crippen LogP contribution in [0.4, 0.5) is 22.0 Å². The van der Waals surface area contributed by atoms with Crippen molar-refractivity contribution in [1.29, 1.82) is 0 Å². The number of aliphatic hydroxyl groups excluding tert-OH is 1. The minimum Gasteiger partial charge on any atom is -0.379 e. The summed E-state index contributed by atoms with van der Waals surface area (Å²) in [6.45, 7) is 5.92. The highest BCUT2D eigenvalue weighted by molar-refractivity contribution is 5.98. The topological polar surface area (TPSA) is 58.5 Å². The maximum absolute atomic E-state index is 14.2. The van der Waals surface area contributed by atoms with Crippen LogP contribution in [0.5, 0.6) is 0 Å². The molecule has 184 valence electrons. The molecule has 6 unspecified atom stereocenters. The summed E-state index contributed by atoms with van der Waals surface area (Å²) in [6, 6.07) is 2.78. The van der Waals surface area contributed by atoms with E-state index < -0.39 is 42.6 Å². The molecule has 2 aliphatic heterocycles. The fraction of sp³-hybridized carbons (Fsp3) is 0.625. The van der Waals surface area contributed by atoms with E-state index in [1.807, 2.05) is 6.92 Å². The van der Waals surface area contributed by atoms with Gasteiger partial charge in [-0.1, -0.05) is 20.8 Å². The van der Waals surface area contributed by atoms with E-state index in [1.54, 1.807) is 6.20 Å². The normalized spacial score (nSPS) is 26.5. The van der Waals surface area contributed by atoms with E-state index in [0.29, 0.717) is 25.9 Å². The summed E-state index contributed by atoms with van der Waals surface area (Å²) >= 11 is 0. The lowest BCUT2D eigenvalue weighted by Crippen LogP contribution is -2.43. The van der Waals surface area contributed by atoms with Crippen LogP contribution in [0, 0.1) is 29.4 Å². The van der Waals surface area contributed by atoms with Gasteiger partial charge in [-0.3, -0.25) is 0 Å². The molecule has 1 aromatic carbocycles. The summed E-state index contributed by atoms with van der Waals surface area (Å²) in [6.07, 6.45) is -4.18. The van der Waals surface area contributed by atoms with E-state index in [0.717, 1.165) is 29.5 Å². The average molecular weight is 476 g/mol. The Labute approximate surface area is 190 Å². The van der Waals surface area contributed by atoms with Gasteiger partial charge in [0.25, 0.3) is 0 Å². The number of nitrogens with two attached hydrogens (primary N) is 1. The predicted molar refractivity (Wildman–Crippen MR) is 115 cm³/mol. The van der Waals surface area contributed by atoms with E-state index in [2.05, 4.69) is 13.8 Å². The van der Waals surface area contributed by atoms with Crippen molar-refractivity contribution in [1.82, 2.24) is 0 Å². The second-order valence-electron chi connectivity index (χ2n) is 9.28. The van der Waals surface area contributed by atoms with Gasteiger partial charge >= 0.3 is 6.18 Å². The summed E-state index contributed by atoms with van der Waals surface area (Å²) in [5, 5.41) is 9.34. The molecule has 1 fully saturated rings. The van der Waals surface area contributed by atoms with Crippen molar-refractivity contribution in [2.45, 2.75) is 64.5 Å². The number of β-amino-alcohol motifs (C(OH)–C–C–N with tert-alkyl or cyclic N) is 1. The van der Waals surface area contributed by atoms with Gasteiger partial charge in [-0.05, 0) is 48.8 Å². The summed E-state index contributed by atoms with van der Waals surface area (Å²) in [5.41, 5.74) is 8.23.